The van der Waals surface area contributed by atoms with Crippen LogP contribution in [0.15, 0.2) is 31.3 Å². The molecule has 0 saturated heterocycles. The maximum absolute atomic E-state index is 12.1. The van der Waals surface area contributed by atoms with Crippen LogP contribution in [0.3, 0.4) is 0 Å². The topological polar surface area (TPSA) is 89.0 Å². The van der Waals surface area contributed by atoms with Crippen LogP contribution in [-0.2, 0) is 0 Å². The van der Waals surface area contributed by atoms with E-state index in [2.05, 4.69) is 4.98 Å². The Balaban J connectivity index is 2.66. The summed E-state index contributed by atoms with van der Waals surface area (Å²) in [6.07, 6.45) is 0. The Bertz CT molecular complexity index is 937. The molecule has 19 heavy (non-hydrogen) atoms. The van der Waals surface area contributed by atoms with Crippen molar-refractivity contribution in [3.63, 3.8) is 0 Å². The van der Waals surface area contributed by atoms with Gasteiger partial charge in [0, 0.05) is 6.04 Å². The lowest BCUT2D eigenvalue weighted by Crippen LogP contribution is -2.27. The van der Waals surface area contributed by atoms with Crippen LogP contribution in [0, 0.1) is 0 Å². The van der Waals surface area contributed by atoms with Gasteiger partial charge in [-0.05, 0) is 26.0 Å². The summed E-state index contributed by atoms with van der Waals surface area (Å²) in [7, 11) is 0. The second kappa shape index (κ2) is 3.50. The number of aromatic amines is 1. The molecule has 3 rings (SSSR count). The summed E-state index contributed by atoms with van der Waals surface area (Å²) in [5, 5.41) is 0.663. The van der Waals surface area contributed by atoms with E-state index in [0.29, 0.717) is 0 Å². The summed E-state index contributed by atoms with van der Waals surface area (Å²) in [4.78, 5) is 49.5. The lowest BCUT2D eigenvalue weighted by atomic mass is 10.1. The van der Waals surface area contributed by atoms with Gasteiger partial charge in [-0.1, -0.05) is 0 Å². The zero-order valence-corrected chi connectivity index (χ0v) is 10.3. The molecule has 96 valence electrons. The molecule has 6 nitrogen and oxygen atoms in total. The first-order valence-corrected chi connectivity index (χ1v) is 5.83. The van der Waals surface area contributed by atoms with Gasteiger partial charge in [-0.25, -0.2) is 0 Å². The van der Waals surface area contributed by atoms with Gasteiger partial charge in [0.25, 0.3) is 22.2 Å². The molecule has 3 aromatic rings. The number of hydrogen-bond acceptors (Lipinski definition) is 4. The van der Waals surface area contributed by atoms with E-state index >= 15 is 0 Å². The summed E-state index contributed by atoms with van der Waals surface area (Å²) < 4.78 is 1.13. The van der Waals surface area contributed by atoms with Gasteiger partial charge in [-0.2, -0.15) is 0 Å². The summed E-state index contributed by atoms with van der Waals surface area (Å²) in [6.45, 7) is 3.46. The summed E-state index contributed by atoms with van der Waals surface area (Å²) in [5.41, 5.74) is -1.92. The van der Waals surface area contributed by atoms with Gasteiger partial charge < -0.3 is 0 Å². The third kappa shape index (κ3) is 1.36. The van der Waals surface area contributed by atoms with Crippen molar-refractivity contribution < 1.29 is 0 Å². The van der Waals surface area contributed by atoms with E-state index in [-0.39, 0.29) is 27.6 Å². The fraction of sp³-hybridized carbons (Fsp3) is 0.231. The molecule has 0 unspecified atom stereocenters. The van der Waals surface area contributed by atoms with Crippen molar-refractivity contribution in [1.29, 1.82) is 0 Å². The second-order valence-corrected chi connectivity index (χ2v) is 4.80. The molecule has 2 heterocycles. The minimum Gasteiger partial charge on any atom is -0.288 e. The zero-order chi connectivity index (χ0) is 13.9. The first kappa shape index (κ1) is 11.6. The lowest BCUT2D eigenvalue weighted by Gasteiger charge is -2.01. The van der Waals surface area contributed by atoms with E-state index < -0.39 is 22.2 Å². The number of nitrogens with one attached hydrogen (secondary N) is 1. The highest BCUT2D eigenvalue weighted by Crippen LogP contribution is 2.14. The van der Waals surface area contributed by atoms with Crippen molar-refractivity contribution in [1.82, 2.24) is 9.55 Å². The molecule has 0 aliphatic carbocycles. The Hall–Kier alpha value is -2.50. The van der Waals surface area contributed by atoms with E-state index in [4.69, 9.17) is 0 Å². The minimum absolute atomic E-state index is 0.149. The van der Waals surface area contributed by atoms with E-state index in [1.54, 1.807) is 13.8 Å². The molecule has 0 saturated carbocycles. The second-order valence-electron chi connectivity index (χ2n) is 4.80. The third-order valence-electron chi connectivity index (χ3n) is 3.29. The molecule has 1 aromatic carbocycles. The van der Waals surface area contributed by atoms with Gasteiger partial charge in [0.05, 0.1) is 21.5 Å². The zero-order valence-electron chi connectivity index (χ0n) is 10.3. The summed E-state index contributed by atoms with van der Waals surface area (Å²) in [5.74, 6) is 0. The van der Waals surface area contributed by atoms with Crippen molar-refractivity contribution >= 4 is 21.5 Å². The molecule has 0 atom stereocenters. The van der Waals surface area contributed by atoms with Gasteiger partial charge in [-0.15, -0.1) is 0 Å². The van der Waals surface area contributed by atoms with Crippen LogP contribution >= 0.6 is 0 Å². The van der Waals surface area contributed by atoms with Crippen LogP contribution < -0.4 is 22.2 Å². The number of rotatable bonds is 1. The fourth-order valence-corrected chi connectivity index (χ4v) is 2.39. The van der Waals surface area contributed by atoms with Gasteiger partial charge >= 0.3 is 0 Å². The number of aromatic nitrogens is 2. The maximum atomic E-state index is 12.1. The predicted molar refractivity (Wildman–Crippen MR) is 71.6 cm³/mol. The average Bonchev–Trinajstić information content (AvgIpc) is 2.75. The van der Waals surface area contributed by atoms with Gasteiger partial charge in [0.15, 0.2) is 0 Å². The van der Waals surface area contributed by atoms with Crippen LogP contribution in [0.2, 0.25) is 0 Å². The molecule has 0 bridgehead atoms. The highest BCUT2D eigenvalue weighted by molar-refractivity contribution is 5.97. The first-order chi connectivity index (χ1) is 8.91. The Morgan fingerprint density at radius 2 is 1.26 bits per heavy atom. The monoisotopic (exact) mass is 258 g/mol. The molecule has 1 N–H and O–H groups in total. The quantitative estimate of drug-likeness (QED) is 0.666. The van der Waals surface area contributed by atoms with Crippen LogP contribution in [0.5, 0.6) is 0 Å². The van der Waals surface area contributed by atoms with E-state index in [1.165, 1.54) is 12.1 Å². The molecular formula is C13H10N2O4. The van der Waals surface area contributed by atoms with Crippen molar-refractivity contribution in [3.05, 3.63) is 53.5 Å². The van der Waals surface area contributed by atoms with Crippen molar-refractivity contribution in [2.24, 2.45) is 0 Å². The largest absolute Gasteiger partial charge is 0.288 e. The summed E-state index contributed by atoms with van der Waals surface area (Å²) in [6, 6.07) is 2.38. The normalized spacial score (nSPS) is 11.9. The molecule has 0 aliphatic rings. The number of fused-ring (bicyclic) bond motifs is 2. The molecule has 0 aliphatic heterocycles. The summed E-state index contributed by atoms with van der Waals surface area (Å²) >= 11 is 0. The van der Waals surface area contributed by atoms with E-state index in [9.17, 15) is 19.2 Å². The van der Waals surface area contributed by atoms with Gasteiger partial charge in [0.2, 0.25) is 0 Å². The lowest BCUT2D eigenvalue weighted by molar-refractivity contribution is 0.574. The fourth-order valence-electron chi connectivity index (χ4n) is 2.39. The molecule has 0 fully saturated rings. The predicted octanol–water partition coefficient (Wildman–Crippen LogP) is 0.0199. The average molecular weight is 258 g/mol. The Morgan fingerprint density at radius 3 is 1.63 bits per heavy atom. The minimum atomic E-state index is -0.536. The Morgan fingerprint density at radius 1 is 0.842 bits per heavy atom. The smallest absolute Gasteiger partial charge is 0.261 e. The van der Waals surface area contributed by atoms with Gasteiger partial charge in [0.1, 0.15) is 0 Å². The Labute approximate surface area is 105 Å². The SMILES string of the molecule is CC(C)n1c(=O)c2cc3c(=O)[nH]c(=O)c3cc2c1=O. The van der Waals surface area contributed by atoms with Crippen molar-refractivity contribution in [2.45, 2.75) is 19.9 Å². The van der Waals surface area contributed by atoms with Crippen molar-refractivity contribution in [2.75, 3.05) is 0 Å². The number of nitrogens with zero attached hydrogens (tertiary/aromatic N) is 1. The van der Waals surface area contributed by atoms with Crippen LogP contribution in [-0.4, -0.2) is 9.55 Å². The Kier molecular flexibility index (Phi) is 2.14. The van der Waals surface area contributed by atoms with Crippen LogP contribution in [0.25, 0.3) is 21.5 Å². The van der Waals surface area contributed by atoms with E-state index in [0.717, 1.165) is 4.57 Å². The van der Waals surface area contributed by atoms with Crippen LogP contribution in [0.4, 0.5) is 0 Å². The standard InChI is InChI=1S/C13H10N2O4/c1-5(2)15-12(18)8-3-6-7(4-9(8)13(15)19)11(17)14-10(6)16/h3-5H,1-2H3,(H,14,16,17). The van der Waals surface area contributed by atoms with Crippen molar-refractivity contribution in [3.8, 4) is 0 Å². The molecular weight excluding hydrogens is 248 g/mol. The molecule has 0 spiro atoms. The highest BCUT2D eigenvalue weighted by atomic mass is 16.2. The van der Waals surface area contributed by atoms with Crippen LogP contribution in [0.1, 0.15) is 19.9 Å². The number of benzene rings is 1. The third-order valence-corrected chi connectivity index (χ3v) is 3.29. The first-order valence-electron chi connectivity index (χ1n) is 5.83. The highest BCUT2D eigenvalue weighted by Gasteiger charge is 2.17. The van der Waals surface area contributed by atoms with Gasteiger partial charge in [-0.3, -0.25) is 28.7 Å². The molecule has 2 aromatic heterocycles. The molecule has 0 amide bonds. The molecule has 0 radical (unpaired) electrons. The number of H-pyrrole nitrogens is 1. The maximum Gasteiger partial charge on any atom is 0.261 e. The molecule has 6 heteroatoms. The number of hydrogen-bond donors (Lipinski definition) is 1. The van der Waals surface area contributed by atoms with E-state index in [1.807, 2.05) is 0 Å².